The van der Waals surface area contributed by atoms with Crippen molar-refractivity contribution in [3.05, 3.63) is 34.3 Å². The average Bonchev–Trinajstić information content (AvgIpc) is 2.42. The summed E-state index contributed by atoms with van der Waals surface area (Å²) in [6.45, 7) is 3.43. The Kier molecular flexibility index (Phi) is 7.19. The number of halogens is 1. The van der Waals surface area contributed by atoms with Gasteiger partial charge in [-0.25, -0.2) is 0 Å². The molecule has 21 heavy (non-hydrogen) atoms. The van der Waals surface area contributed by atoms with Gasteiger partial charge in [0.05, 0.1) is 0 Å². The second-order valence-electron chi connectivity index (χ2n) is 5.17. The van der Waals surface area contributed by atoms with Crippen molar-refractivity contribution in [3.63, 3.8) is 0 Å². The monoisotopic (exact) mass is 312 g/mol. The predicted octanol–water partition coefficient (Wildman–Crippen LogP) is 2.42. The summed E-state index contributed by atoms with van der Waals surface area (Å²) in [5.74, 6) is -0.888. The first-order valence-electron chi connectivity index (χ1n) is 6.91. The van der Waals surface area contributed by atoms with Crippen molar-refractivity contribution < 1.29 is 14.7 Å². The molecule has 0 aliphatic carbocycles. The van der Waals surface area contributed by atoms with Crippen LogP contribution in [0.25, 0.3) is 0 Å². The quantitative estimate of drug-likeness (QED) is 0.611. The van der Waals surface area contributed by atoms with Gasteiger partial charge in [-0.2, -0.15) is 0 Å². The summed E-state index contributed by atoms with van der Waals surface area (Å²) in [6, 6.07) is 5.00. The summed E-state index contributed by atoms with van der Waals surface area (Å²) in [4.78, 5) is 21.5. The lowest BCUT2D eigenvalue weighted by atomic mass is 10.0. The van der Waals surface area contributed by atoms with Crippen molar-refractivity contribution in [2.75, 3.05) is 6.54 Å². The van der Waals surface area contributed by atoms with Crippen molar-refractivity contribution in [2.24, 2.45) is 11.7 Å². The van der Waals surface area contributed by atoms with Crippen LogP contribution in [0.5, 0.6) is 0 Å². The van der Waals surface area contributed by atoms with E-state index in [1.54, 1.807) is 18.2 Å². The molecule has 0 aromatic heterocycles. The van der Waals surface area contributed by atoms with Gasteiger partial charge in [-0.1, -0.05) is 24.6 Å². The van der Waals surface area contributed by atoms with Crippen molar-refractivity contribution >= 4 is 23.5 Å². The molecule has 0 fully saturated rings. The molecule has 4 N–H and O–H groups in total. The summed E-state index contributed by atoms with van der Waals surface area (Å²) in [6.07, 6.45) is 1.80. The number of carbonyl (C=O) groups is 2. The minimum Gasteiger partial charge on any atom is -0.481 e. The van der Waals surface area contributed by atoms with Crippen LogP contribution in [0.1, 0.15) is 42.1 Å². The zero-order valence-electron chi connectivity index (χ0n) is 12.1. The summed E-state index contributed by atoms with van der Waals surface area (Å²) in [5.41, 5.74) is 6.48. The number of nitrogens with one attached hydrogen (secondary N) is 1. The van der Waals surface area contributed by atoms with E-state index in [1.807, 2.05) is 6.92 Å². The molecule has 1 unspecified atom stereocenters. The third kappa shape index (κ3) is 6.60. The first-order chi connectivity index (χ1) is 9.90. The second-order valence-corrected chi connectivity index (χ2v) is 5.58. The number of carboxylic acids is 1. The van der Waals surface area contributed by atoms with E-state index in [1.165, 1.54) is 0 Å². The van der Waals surface area contributed by atoms with Crippen LogP contribution in [-0.4, -0.2) is 23.5 Å². The molecule has 6 heteroatoms. The fraction of sp³-hybridized carbons (Fsp3) is 0.467. The minimum absolute atomic E-state index is 0.210. The van der Waals surface area contributed by atoms with Gasteiger partial charge in [0.15, 0.2) is 0 Å². The molecule has 1 atom stereocenters. The SMILES string of the molecule is CC(CCNCc1ccc(C(N)=O)cc1Cl)CCC(=O)O. The smallest absolute Gasteiger partial charge is 0.303 e. The highest BCUT2D eigenvalue weighted by atomic mass is 35.5. The molecular formula is C15H21ClN2O3. The number of benzene rings is 1. The first-order valence-corrected chi connectivity index (χ1v) is 7.28. The Balaban J connectivity index is 2.33. The number of aliphatic carboxylic acids is 1. The zero-order valence-corrected chi connectivity index (χ0v) is 12.8. The van der Waals surface area contributed by atoms with Gasteiger partial charge in [-0.15, -0.1) is 0 Å². The van der Waals surface area contributed by atoms with Crippen LogP contribution in [0, 0.1) is 5.92 Å². The van der Waals surface area contributed by atoms with Crippen molar-refractivity contribution in [1.29, 1.82) is 0 Å². The van der Waals surface area contributed by atoms with Gasteiger partial charge < -0.3 is 16.2 Å². The molecule has 0 heterocycles. The van der Waals surface area contributed by atoms with Crippen LogP contribution >= 0.6 is 11.6 Å². The van der Waals surface area contributed by atoms with Crippen LogP contribution in [0.4, 0.5) is 0 Å². The lowest BCUT2D eigenvalue weighted by Crippen LogP contribution is -2.18. The Morgan fingerprint density at radius 1 is 1.38 bits per heavy atom. The highest BCUT2D eigenvalue weighted by Crippen LogP contribution is 2.18. The molecule has 0 bridgehead atoms. The zero-order chi connectivity index (χ0) is 15.8. The Labute approximate surface area is 129 Å². The van der Waals surface area contributed by atoms with Crippen LogP contribution in [0.15, 0.2) is 18.2 Å². The molecule has 0 aliphatic heterocycles. The molecule has 1 aromatic carbocycles. The summed E-state index contributed by atoms with van der Waals surface area (Å²) in [5, 5.41) is 12.4. The molecule has 1 amide bonds. The van der Waals surface area contributed by atoms with E-state index in [0.717, 1.165) is 18.5 Å². The van der Waals surface area contributed by atoms with Crippen molar-refractivity contribution in [2.45, 2.75) is 32.7 Å². The van der Waals surface area contributed by atoms with E-state index in [2.05, 4.69) is 5.32 Å². The van der Waals surface area contributed by atoms with E-state index in [0.29, 0.717) is 29.5 Å². The molecule has 0 radical (unpaired) electrons. The molecule has 116 valence electrons. The standard InChI is InChI=1S/C15H21ClN2O3/c1-10(2-5-14(19)20)6-7-18-9-12-4-3-11(15(17)21)8-13(12)16/h3-4,8,10,18H,2,5-7,9H2,1H3,(H2,17,21)(H,19,20). The highest BCUT2D eigenvalue weighted by Gasteiger charge is 2.07. The molecule has 1 rings (SSSR count). The van der Waals surface area contributed by atoms with Gasteiger partial charge in [0.25, 0.3) is 0 Å². The number of hydrogen-bond donors (Lipinski definition) is 3. The van der Waals surface area contributed by atoms with E-state index >= 15 is 0 Å². The average molecular weight is 313 g/mol. The Hall–Kier alpha value is -1.59. The normalized spacial score (nSPS) is 12.1. The maximum atomic E-state index is 11.0. The van der Waals surface area contributed by atoms with Crippen LogP contribution in [0.3, 0.4) is 0 Å². The molecule has 0 aliphatic rings. The van der Waals surface area contributed by atoms with Gasteiger partial charge in [0.2, 0.25) is 5.91 Å². The predicted molar refractivity (Wildman–Crippen MR) is 82.3 cm³/mol. The van der Waals surface area contributed by atoms with Gasteiger partial charge in [-0.05, 0) is 43.0 Å². The maximum Gasteiger partial charge on any atom is 0.303 e. The largest absolute Gasteiger partial charge is 0.481 e. The lowest BCUT2D eigenvalue weighted by molar-refractivity contribution is -0.137. The third-order valence-corrected chi connectivity index (χ3v) is 3.67. The topological polar surface area (TPSA) is 92.4 Å². The van der Waals surface area contributed by atoms with Crippen LogP contribution in [0.2, 0.25) is 5.02 Å². The number of hydrogen-bond acceptors (Lipinski definition) is 3. The molecule has 0 saturated heterocycles. The highest BCUT2D eigenvalue weighted by molar-refractivity contribution is 6.31. The number of nitrogens with two attached hydrogens (primary N) is 1. The molecule has 1 aromatic rings. The number of carbonyl (C=O) groups excluding carboxylic acids is 1. The summed E-state index contributed by atoms with van der Waals surface area (Å²) < 4.78 is 0. The fourth-order valence-corrected chi connectivity index (χ4v) is 2.18. The molecule has 0 saturated carbocycles. The summed E-state index contributed by atoms with van der Waals surface area (Å²) in [7, 11) is 0. The molecule has 5 nitrogen and oxygen atoms in total. The van der Waals surface area contributed by atoms with Crippen LogP contribution in [-0.2, 0) is 11.3 Å². The van der Waals surface area contributed by atoms with E-state index in [4.69, 9.17) is 22.4 Å². The van der Waals surface area contributed by atoms with E-state index in [9.17, 15) is 9.59 Å². The Bertz CT molecular complexity index is 506. The number of primary amides is 1. The fourth-order valence-electron chi connectivity index (χ4n) is 1.93. The number of amides is 1. The number of rotatable bonds is 9. The van der Waals surface area contributed by atoms with Gasteiger partial charge >= 0.3 is 5.97 Å². The maximum absolute atomic E-state index is 11.0. The number of carboxylic acid groups (broad SMARTS) is 1. The third-order valence-electron chi connectivity index (χ3n) is 3.32. The van der Waals surface area contributed by atoms with E-state index < -0.39 is 11.9 Å². The van der Waals surface area contributed by atoms with Crippen LogP contribution < -0.4 is 11.1 Å². The van der Waals surface area contributed by atoms with E-state index in [-0.39, 0.29) is 6.42 Å². The minimum atomic E-state index is -0.754. The lowest BCUT2D eigenvalue weighted by Gasteiger charge is -2.11. The van der Waals surface area contributed by atoms with Crippen molar-refractivity contribution in [3.8, 4) is 0 Å². The summed E-state index contributed by atoms with van der Waals surface area (Å²) >= 11 is 6.09. The Morgan fingerprint density at radius 3 is 2.67 bits per heavy atom. The van der Waals surface area contributed by atoms with Gasteiger partial charge in [-0.3, -0.25) is 9.59 Å². The second kappa shape index (κ2) is 8.64. The van der Waals surface area contributed by atoms with Gasteiger partial charge in [0.1, 0.15) is 0 Å². The molecule has 0 spiro atoms. The first kappa shape index (κ1) is 17.5. The molecular weight excluding hydrogens is 292 g/mol. The Morgan fingerprint density at radius 2 is 2.10 bits per heavy atom. The van der Waals surface area contributed by atoms with Gasteiger partial charge in [0, 0.05) is 23.6 Å². The van der Waals surface area contributed by atoms with Crippen molar-refractivity contribution in [1.82, 2.24) is 5.32 Å².